The van der Waals surface area contributed by atoms with E-state index in [1.807, 2.05) is 13.0 Å². The summed E-state index contributed by atoms with van der Waals surface area (Å²) < 4.78 is 0. The molecule has 1 saturated heterocycles. The maximum absolute atomic E-state index is 9.83. The predicted octanol–water partition coefficient (Wildman–Crippen LogP) is 0.574. The number of aromatic nitrogens is 2. The summed E-state index contributed by atoms with van der Waals surface area (Å²) in [4.78, 5) is 10.3. The molecule has 5 heteroatoms. The van der Waals surface area contributed by atoms with Gasteiger partial charge in [0.05, 0.1) is 6.10 Å². The van der Waals surface area contributed by atoms with Crippen LogP contribution in [0.1, 0.15) is 19.0 Å². The monoisotopic (exact) mass is 222 g/mol. The van der Waals surface area contributed by atoms with Crippen molar-refractivity contribution in [3.63, 3.8) is 0 Å². The second-order valence-electron chi connectivity index (χ2n) is 4.51. The molecule has 88 valence electrons. The summed E-state index contributed by atoms with van der Waals surface area (Å²) in [5, 5.41) is 9.83. The van der Waals surface area contributed by atoms with Crippen molar-refractivity contribution in [2.75, 3.05) is 23.7 Å². The molecule has 1 aliphatic rings. The zero-order chi connectivity index (χ0) is 11.7. The molecular formula is C11H18N4O. The van der Waals surface area contributed by atoms with Gasteiger partial charge in [0.2, 0.25) is 5.95 Å². The highest BCUT2D eigenvalue weighted by Crippen LogP contribution is 2.22. The van der Waals surface area contributed by atoms with E-state index in [1.54, 1.807) is 0 Å². The molecule has 0 bridgehead atoms. The fourth-order valence-corrected chi connectivity index (χ4v) is 1.99. The van der Waals surface area contributed by atoms with E-state index in [1.165, 1.54) is 0 Å². The molecule has 2 heterocycles. The summed E-state index contributed by atoms with van der Waals surface area (Å²) in [5.41, 5.74) is 6.47. The van der Waals surface area contributed by atoms with E-state index in [0.717, 1.165) is 24.5 Å². The van der Waals surface area contributed by atoms with Gasteiger partial charge in [0.15, 0.2) is 0 Å². The minimum atomic E-state index is -0.287. The second kappa shape index (κ2) is 4.25. The Morgan fingerprint density at radius 3 is 2.88 bits per heavy atom. The van der Waals surface area contributed by atoms with E-state index in [0.29, 0.717) is 18.4 Å². The summed E-state index contributed by atoms with van der Waals surface area (Å²) in [6.45, 7) is 5.50. The van der Waals surface area contributed by atoms with Crippen molar-refractivity contribution in [1.82, 2.24) is 9.97 Å². The first-order valence-electron chi connectivity index (χ1n) is 5.60. The van der Waals surface area contributed by atoms with E-state index in [9.17, 15) is 5.11 Å². The highest BCUT2D eigenvalue weighted by Gasteiger charge is 2.25. The number of β-amino-alcohol motifs (C(OH)–C–C–N with tert-alkyl or cyclic N) is 1. The van der Waals surface area contributed by atoms with E-state index >= 15 is 0 Å². The van der Waals surface area contributed by atoms with E-state index in [2.05, 4.69) is 21.8 Å². The fourth-order valence-electron chi connectivity index (χ4n) is 1.99. The zero-order valence-electron chi connectivity index (χ0n) is 9.72. The molecule has 0 saturated carbocycles. The Kier molecular flexibility index (Phi) is 2.96. The van der Waals surface area contributed by atoms with Crippen LogP contribution in [0.5, 0.6) is 0 Å². The lowest BCUT2D eigenvalue weighted by Crippen LogP contribution is -2.43. The number of rotatable bonds is 1. The van der Waals surface area contributed by atoms with Crippen LogP contribution in [0, 0.1) is 12.8 Å². The Morgan fingerprint density at radius 2 is 2.25 bits per heavy atom. The summed E-state index contributed by atoms with van der Waals surface area (Å²) in [6, 6.07) is 1.90. The average molecular weight is 222 g/mol. The van der Waals surface area contributed by atoms with Crippen LogP contribution in [-0.2, 0) is 0 Å². The molecule has 3 N–H and O–H groups in total. The number of piperidine rings is 1. The summed E-state index contributed by atoms with van der Waals surface area (Å²) >= 11 is 0. The van der Waals surface area contributed by atoms with Crippen molar-refractivity contribution in [3.8, 4) is 0 Å². The fraction of sp³-hybridized carbons (Fsp3) is 0.636. The Morgan fingerprint density at radius 1 is 1.50 bits per heavy atom. The van der Waals surface area contributed by atoms with Crippen molar-refractivity contribution in [3.05, 3.63) is 11.8 Å². The third-order valence-corrected chi connectivity index (χ3v) is 3.10. The number of aryl methyl sites for hydroxylation is 1. The van der Waals surface area contributed by atoms with E-state index in [-0.39, 0.29) is 6.10 Å². The Balaban J connectivity index is 2.18. The van der Waals surface area contributed by atoms with E-state index in [4.69, 9.17) is 5.73 Å². The van der Waals surface area contributed by atoms with Gasteiger partial charge in [-0.05, 0) is 19.3 Å². The molecule has 0 radical (unpaired) electrons. The van der Waals surface area contributed by atoms with Gasteiger partial charge in [-0.2, -0.15) is 4.98 Å². The van der Waals surface area contributed by atoms with Crippen LogP contribution < -0.4 is 10.6 Å². The third-order valence-electron chi connectivity index (χ3n) is 3.10. The summed E-state index contributed by atoms with van der Waals surface area (Å²) in [7, 11) is 0. The molecule has 1 aliphatic heterocycles. The Labute approximate surface area is 95.3 Å². The lowest BCUT2D eigenvalue weighted by Gasteiger charge is -2.35. The first-order valence-corrected chi connectivity index (χ1v) is 5.60. The number of nitrogens with zero attached hydrogens (tertiary/aromatic N) is 3. The molecule has 2 rings (SSSR count). The lowest BCUT2D eigenvalue weighted by atomic mass is 9.96. The van der Waals surface area contributed by atoms with Crippen molar-refractivity contribution in [2.45, 2.75) is 26.4 Å². The predicted molar refractivity (Wildman–Crippen MR) is 63.2 cm³/mol. The summed E-state index contributed by atoms with van der Waals surface area (Å²) in [6.07, 6.45) is 0.690. The molecule has 0 spiro atoms. The Bertz CT molecular complexity index is 362. The van der Waals surface area contributed by atoms with Gasteiger partial charge in [-0.1, -0.05) is 6.92 Å². The van der Waals surface area contributed by atoms with Gasteiger partial charge in [0.1, 0.15) is 5.82 Å². The molecule has 2 unspecified atom stereocenters. The normalized spacial score (nSPS) is 25.8. The number of nitrogens with two attached hydrogens (primary N) is 1. The smallest absolute Gasteiger partial charge is 0.222 e. The third kappa shape index (κ3) is 2.24. The lowest BCUT2D eigenvalue weighted by molar-refractivity contribution is 0.102. The first kappa shape index (κ1) is 11.1. The zero-order valence-corrected chi connectivity index (χ0v) is 9.72. The number of aliphatic hydroxyl groups excluding tert-OH is 1. The maximum atomic E-state index is 9.83. The number of hydrogen-bond donors (Lipinski definition) is 2. The Hall–Kier alpha value is -1.36. The van der Waals surface area contributed by atoms with Crippen LogP contribution in [0.4, 0.5) is 11.8 Å². The molecule has 1 aromatic rings. The van der Waals surface area contributed by atoms with Crippen molar-refractivity contribution >= 4 is 11.8 Å². The van der Waals surface area contributed by atoms with Crippen LogP contribution in [0.15, 0.2) is 6.07 Å². The van der Waals surface area contributed by atoms with Crippen molar-refractivity contribution in [1.29, 1.82) is 0 Å². The van der Waals surface area contributed by atoms with Gasteiger partial charge in [-0.15, -0.1) is 0 Å². The molecule has 0 aliphatic carbocycles. The number of hydrogen-bond acceptors (Lipinski definition) is 5. The SMILES string of the molecule is Cc1cc(N2CCC(C)C(O)C2)nc(N)n1. The number of anilines is 2. The molecule has 2 atom stereocenters. The summed E-state index contributed by atoms with van der Waals surface area (Å²) in [5.74, 6) is 1.47. The number of aliphatic hydroxyl groups is 1. The number of nitrogen functional groups attached to an aromatic ring is 1. The molecule has 16 heavy (non-hydrogen) atoms. The standard InChI is InChI=1S/C11H18N4O/c1-7-3-4-15(6-9(7)16)10-5-8(2)13-11(12)14-10/h5,7,9,16H,3-4,6H2,1-2H3,(H2,12,13,14). The molecule has 5 nitrogen and oxygen atoms in total. The van der Waals surface area contributed by atoms with Gasteiger partial charge >= 0.3 is 0 Å². The molecule has 1 fully saturated rings. The molecule has 1 aromatic heterocycles. The van der Waals surface area contributed by atoms with Crippen LogP contribution in [-0.4, -0.2) is 34.3 Å². The van der Waals surface area contributed by atoms with Gasteiger partial charge in [-0.3, -0.25) is 0 Å². The second-order valence-corrected chi connectivity index (χ2v) is 4.51. The van der Waals surface area contributed by atoms with E-state index < -0.39 is 0 Å². The first-order chi connectivity index (χ1) is 7.56. The quantitative estimate of drug-likeness (QED) is 0.726. The largest absolute Gasteiger partial charge is 0.391 e. The minimum absolute atomic E-state index is 0.287. The molecular weight excluding hydrogens is 204 g/mol. The molecule has 0 amide bonds. The van der Waals surface area contributed by atoms with Crippen LogP contribution >= 0.6 is 0 Å². The van der Waals surface area contributed by atoms with Crippen LogP contribution in [0.3, 0.4) is 0 Å². The maximum Gasteiger partial charge on any atom is 0.222 e. The van der Waals surface area contributed by atoms with Gasteiger partial charge in [0.25, 0.3) is 0 Å². The topological polar surface area (TPSA) is 75.3 Å². The van der Waals surface area contributed by atoms with Crippen molar-refractivity contribution < 1.29 is 5.11 Å². The minimum Gasteiger partial charge on any atom is -0.391 e. The van der Waals surface area contributed by atoms with Crippen LogP contribution in [0.2, 0.25) is 0 Å². The van der Waals surface area contributed by atoms with Crippen molar-refractivity contribution in [2.24, 2.45) is 5.92 Å². The highest BCUT2D eigenvalue weighted by molar-refractivity contribution is 5.43. The van der Waals surface area contributed by atoms with Crippen LogP contribution in [0.25, 0.3) is 0 Å². The van der Waals surface area contributed by atoms with Gasteiger partial charge < -0.3 is 15.7 Å². The van der Waals surface area contributed by atoms with Gasteiger partial charge in [0, 0.05) is 24.8 Å². The average Bonchev–Trinajstić information content (AvgIpc) is 2.20. The highest BCUT2D eigenvalue weighted by atomic mass is 16.3. The molecule has 0 aromatic carbocycles. The van der Waals surface area contributed by atoms with Gasteiger partial charge in [-0.25, -0.2) is 4.98 Å².